The molecule has 0 aliphatic carbocycles. The molecule has 0 unspecified atom stereocenters. The van der Waals surface area contributed by atoms with Crippen LogP contribution in [0.25, 0.3) is 0 Å². The van der Waals surface area contributed by atoms with Crippen molar-refractivity contribution >= 4 is 35.3 Å². The lowest BCUT2D eigenvalue weighted by Crippen LogP contribution is -2.17. The zero-order valence-electron chi connectivity index (χ0n) is 3.47. The van der Waals surface area contributed by atoms with E-state index in [1.807, 2.05) is 0 Å². The highest BCUT2D eigenvalue weighted by Crippen LogP contribution is 2.22. The standard InChI is InChI=1S/C2H4Cl2N2S/c3-5-1-7-2-6(5)4/h1-2H2. The molecule has 7 heavy (non-hydrogen) atoms. The Morgan fingerprint density at radius 1 is 1.14 bits per heavy atom. The van der Waals surface area contributed by atoms with E-state index in [1.54, 1.807) is 11.8 Å². The minimum atomic E-state index is 0.783. The molecule has 0 aromatic rings. The summed E-state index contributed by atoms with van der Waals surface area (Å²) in [4.78, 5) is 0. The minimum absolute atomic E-state index is 0.783. The molecule has 0 N–H and O–H groups in total. The summed E-state index contributed by atoms with van der Waals surface area (Å²) in [7, 11) is 0. The summed E-state index contributed by atoms with van der Waals surface area (Å²) in [6.45, 7) is 0. The average Bonchev–Trinajstić information content (AvgIpc) is 1.91. The molecule has 1 aliphatic heterocycles. The molecule has 0 atom stereocenters. The van der Waals surface area contributed by atoms with Crippen LogP contribution in [0.3, 0.4) is 0 Å². The monoisotopic (exact) mass is 158 g/mol. The van der Waals surface area contributed by atoms with Crippen molar-refractivity contribution in [1.29, 1.82) is 0 Å². The van der Waals surface area contributed by atoms with E-state index in [2.05, 4.69) is 0 Å². The van der Waals surface area contributed by atoms with Crippen molar-refractivity contribution in [3.8, 4) is 0 Å². The van der Waals surface area contributed by atoms with Crippen LogP contribution in [0.1, 0.15) is 0 Å². The van der Waals surface area contributed by atoms with Gasteiger partial charge in [-0.3, -0.25) is 0 Å². The Bertz CT molecular complexity index is 62.7. The van der Waals surface area contributed by atoms with E-state index in [4.69, 9.17) is 23.6 Å². The van der Waals surface area contributed by atoms with Crippen LogP contribution >= 0.6 is 35.3 Å². The molecule has 1 heterocycles. The van der Waals surface area contributed by atoms with Crippen LogP contribution in [0, 0.1) is 0 Å². The number of hydrogen-bond acceptors (Lipinski definition) is 3. The van der Waals surface area contributed by atoms with E-state index in [0.29, 0.717) is 0 Å². The Morgan fingerprint density at radius 2 is 1.57 bits per heavy atom. The second-order valence-electron chi connectivity index (χ2n) is 1.14. The lowest BCUT2D eigenvalue weighted by Gasteiger charge is -2.07. The van der Waals surface area contributed by atoms with Crippen LogP contribution < -0.4 is 0 Å². The van der Waals surface area contributed by atoms with E-state index in [9.17, 15) is 0 Å². The van der Waals surface area contributed by atoms with Crippen molar-refractivity contribution in [2.24, 2.45) is 0 Å². The molecule has 1 aliphatic rings. The first-order chi connectivity index (χ1) is 3.30. The zero-order chi connectivity index (χ0) is 5.28. The summed E-state index contributed by atoms with van der Waals surface area (Å²) < 4.78 is 2.87. The van der Waals surface area contributed by atoms with Crippen molar-refractivity contribution in [1.82, 2.24) is 9.06 Å². The molecule has 0 spiro atoms. The first-order valence-corrected chi connectivity index (χ1v) is 3.58. The predicted octanol–water partition coefficient (Wildman–Crippen LogP) is 1.47. The van der Waals surface area contributed by atoms with Gasteiger partial charge in [0.05, 0.1) is 11.8 Å². The molecule has 1 saturated heterocycles. The van der Waals surface area contributed by atoms with Crippen LogP contribution in [0.15, 0.2) is 0 Å². The second kappa shape index (κ2) is 2.42. The zero-order valence-corrected chi connectivity index (χ0v) is 5.80. The molecule has 0 saturated carbocycles. The molecule has 42 valence electrons. The third-order valence-corrected chi connectivity index (χ3v) is 2.45. The third-order valence-electron chi connectivity index (χ3n) is 0.631. The fourth-order valence-electron chi connectivity index (χ4n) is 0.317. The smallest absolute Gasteiger partial charge is 0.0781 e. The molecular formula is C2H4Cl2N2S. The van der Waals surface area contributed by atoms with Gasteiger partial charge in [0.15, 0.2) is 0 Å². The summed E-state index contributed by atoms with van der Waals surface area (Å²) >= 11 is 12.6. The summed E-state index contributed by atoms with van der Waals surface area (Å²) in [5, 5.41) is 0. The van der Waals surface area contributed by atoms with E-state index in [0.717, 1.165) is 11.8 Å². The molecule has 1 fully saturated rings. The molecule has 1 rings (SSSR count). The average molecular weight is 159 g/mol. The number of hydrogen-bond donors (Lipinski definition) is 0. The minimum Gasteiger partial charge on any atom is -0.128 e. The number of thioether (sulfide) groups is 1. The van der Waals surface area contributed by atoms with Gasteiger partial charge in [-0.1, -0.05) is 0 Å². The van der Waals surface area contributed by atoms with Gasteiger partial charge < -0.3 is 0 Å². The number of rotatable bonds is 0. The van der Waals surface area contributed by atoms with Crippen molar-refractivity contribution in [2.45, 2.75) is 0 Å². The van der Waals surface area contributed by atoms with Gasteiger partial charge in [-0.25, -0.2) is 0 Å². The van der Waals surface area contributed by atoms with Crippen LogP contribution in [0.4, 0.5) is 0 Å². The summed E-state index contributed by atoms with van der Waals surface area (Å²) in [6.07, 6.45) is 0. The lowest BCUT2D eigenvalue weighted by molar-refractivity contribution is 0.260. The molecule has 0 aromatic heterocycles. The summed E-state index contributed by atoms with van der Waals surface area (Å²) in [6, 6.07) is 0. The summed E-state index contributed by atoms with van der Waals surface area (Å²) in [5.41, 5.74) is 0. The van der Waals surface area contributed by atoms with Crippen molar-refractivity contribution in [3.05, 3.63) is 0 Å². The Morgan fingerprint density at radius 3 is 1.71 bits per heavy atom. The first-order valence-electron chi connectivity index (χ1n) is 1.75. The largest absolute Gasteiger partial charge is 0.128 e. The lowest BCUT2D eigenvalue weighted by atomic mass is 11.4. The number of halogens is 2. The van der Waals surface area contributed by atoms with Gasteiger partial charge in [0.1, 0.15) is 0 Å². The normalized spacial score (nSPS) is 26.6. The first kappa shape index (κ1) is 5.98. The maximum Gasteiger partial charge on any atom is 0.0781 e. The van der Waals surface area contributed by atoms with Gasteiger partial charge in [0.25, 0.3) is 0 Å². The van der Waals surface area contributed by atoms with Crippen LogP contribution in [-0.4, -0.2) is 20.8 Å². The van der Waals surface area contributed by atoms with Crippen molar-refractivity contribution in [2.75, 3.05) is 11.8 Å². The van der Waals surface area contributed by atoms with Crippen molar-refractivity contribution < 1.29 is 0 Å². The fourth-order valence-corrected chi connectivity index (χ4v) is 1.63. The molecule has 0 bridgehead atoms. The maximum atomic E-state index is 5.47. The quantitative estimate of drug-likeness (QED) is 0.494. The van der Waals surface area contributed by atoms with E-state index in [1.165, 1.54) is 9.06 Å². The predicted molar refractivity (Wildman–Crippen MR) is 32.7 cm³/mol. The Kier molecular flexibility index (Phi) is 2.06. The fraction of sp³-hybridized carbons (Fsp3) is 1.00. The van der Waals surface area contributed by atoms with Gasteiger partial charge in [-0.15, -0.1) is 20.8 Å². The Hall–Kier alpha value is 0.850. The molecular weight excluding hydrogens is 155 g/mol. The molecule has 5 heteroatoms. The number of nitrogens with zero attached hydrogens (tertiary/aromatic N) is 2. The molecule has 2 nitrogen and oxygen atoms in total. The second-order valence-corrected chi connectivity index (χ2v) is 2.84. The van der Waals surface area contributed by atoms with E-state index in [-0.39, 0.29) is 0 Å². The van der Waals surface area contributed by atoms with Gasteiger partial charge in [-0.2, -0.15) is 0 Å². The van der Waals surface area contributed by atoms with Crippen molar-refractivity contribution in [3.63, 3.8) is 0 Å². The molecule has 0 amide bonds. The Labute approximate surface area is 56.5 Å². The van der Waals surface area contributed by atoms with Gasteiger partial charge >= 0.3 is 0 Å². The highest BCUT2D eigenvalue weighted by Gasteiger charge is 2.16. The van der Waals surface area contributed by atoms with Crippen LogP contribution in [0.5, 0.6) is 0 Å². The van der Waals surface area contributed by atoms with E-state index < -0.39 is 0 Å². The van der Waals surface area contributed by atoms with Gasteiger partial charge in [-0.05, 0) is 23.6 Å². The highest BCUT2D eigenvalue weighted by atomic mass is 35.5. The SMILES string of the molecule is ClN1CSCN1Cl. The van der Waals surface area contributed by atoms with E-state index >= 15 is 0 Å². The van der Waals surface area contributed by atoms with Gasteiger partial charge in [0, 0.05) is 0 Å². The molecule has 0 aromatic carbocycles. The topological polar surface area (TPSA) is 6.48 Å². The van der Waals surface area contributed by atoms with Gasteiger partial charge in [0.2, 0.25) is 0 Å². The van der Waals surface area contributed by atoms with Crippen LogP contribution in [0.2, 0.25) is 0 Å². The molecule has 0 radical (unpaired) electrons. The third kappa shape index (κ3) is 1.37. The number of hydrazine groups is 1. The Balaban J connectivity index is 2.33. The highest BCUT2D eigenvalue weighted by molar-refractivity contribution is 7.99. The summed E-state index contributed by atoms with van der Waals surface area (Å²) in [5.74, 6) is 1.57. The maximum absolute atomic E-state index is 5.47. The van der Waals surface area contributed by atoms with Crippen LogP contribution in [-0.2, 0) is 0 Å².